The maximum Gasteiger partial charge on any atom is 0.199 e. The predicted octanol–water partition coefficient (Wildman–Crippen LogP) is 4.82. The van der Waals surface area contributed by atoms with Crippen LogP contribution in [0.25, 0.3) is 17.2 Å². The molecule has 0 amide bonds. The van der Waals surface area contributed by atoms with Gasteiger partial charge in [-0.1, -0.05) is 43.0 Å². The molecule has 94 valence electrons. The molecule has 19 heavy (non-hydrogen) atoms. The lowest BCUT2D eigenvalue weighted by atomic mass is 10.1. The lowest BCUT2D eigenvalue weighted by Gasteiger charge is -1.98. The van der Waals surface area contributed by atoms with Crippen LogP contribution in [0.15, 0.2) is 57.9 Å². The number of fused-ring (bicyclic) bond motifs is 1. The molecular weight excluding hydrogens is 302 g/mol. The average molecular weight is 314 g/mol. The number of hydrogen-bond acceptors (Lipinski definition) is 2. The average Bonchev–Trinajstić information content (AvgIpc) is 2.84. The number of halogens is 1. The molecule has 0 saturated heterocycles. The van der Waals surface area contributed by atoms with E-state index in [9.17, 15) is 0 Å². The van der Waals surface area contributed by atoms with Gasteiger partial charge in [-0.05, 0) is 39.2 Å². The van der Waals surface area contributed by atoms with E-state index in [1.807, 2.05) is 36.4 Å². The van der Waals surface area contributed by atoms with Crippen molar-refractivity contribution in [2.75, 3.05) is 0 Å². The molecule has 3 aromatic rings. The Morgan fingerprint density at radius 3 is 2.63 bits per heavy atom. The summed E-state index contributed by atoms with van der Waals surface area (Å²) < 4.78 is 6.71. The minimum Gasteiger partial charge on any atom is -0.440 e. The Labute approximate surface area is 119 Å². The minimum absolute atomic E-state index is 0.693. The van der Waals surface area contributed by atoms with Gasteiger partial charge in [0, 0.05) is 10.9 Å². The molecule has 0 unspecified atom stereocenters. The van der Waals surface area contributed by atoms with Crippen molar-refractivity contribution in [1.82, 2.24) is 4.98 Å². The molecule has 0 radical (unpaired) electrons. The van der Waals surface area contributed by atoms with Crippen molar-refractivity contribution < 1.29 is 4.42 Å². The highest BCUT2D eigenvalue weighted by atomic mass is 79.9. The number of oxazole rings is 1. The quantitative estimate of drug-likeness (QED) is 0.692. The van der Waals surface area contributed by atoms with Gasteiger partial charge in [-0.15, -0.1) is 0 Å². The topological polar surface area (TPSA) is 26.0 Å². The molecule has 1 aromatic heterocycles. The van der Waals surface area contributed by atoms with Crippen molar-refractivity contribution in [3.05, 3.63) is 70.5 Å². The van der Waals surface area contributed by atoms with Gasteiger partial charge in [-0.25, -0.2) is 4.98 Å². The third kappa shape index (κ3) is 2.47. The second kappa shape index (κ2) is 5.02. The fourth-order valence-electron chi connectivity index (χ4n) is 1.98. The molecule has 0 aliphatic carbocycles. The molecule has 0 atom stereocenters. The summed E-state index contributed by atoms with van der Waals surface area (Å²) in [6.07, 6.45) is 2.53. The fraction of sp³-hybridized carbons (Fsp3) is 0.0625. The van der Waals surface area contributed by atoms with E-state index in [2.05, 4.69) is 39.6 Å². The van der Waals surface area contributed by atoms with E-state index in [4.69, 9.17) is 4.42 Å². The molecule has 0 fully saturated rings. The first-order chi connectivity index (χ1) is 9.26. The first kappa shape index (κ1) is 12.2. The smallest absolute Gasteiger partial charge is 0.199 e. The van der Waals surface area contributed by atoms with Crippen molar-refractivity contribution in [3.8, 4) is 0 Å². The Morgan fingerprint density at radius 1 is 1.16 bits per heavy atom. The normalized spacial score (nSPS) is 10.8. The summed E-state index contributed by atoms with van der Waals surface area (Å²) in [5.41, 5.74) is 3.98. The van der Waals surface area contributed by atoms with Gasteiger partial charge in [0.2, 0.25) is 0 Å². The van der Waals surface area contributed by atoms with Gasteiger partial charge in [0.25, 0.3) is 0 Å². The summed E-state index contributed by atoms with van der Waals surface area (Å²) >= 11 is 3.48. The molecule has 0 aliphatic rings. The summed E-state index contributed by atoms with van der Waals surface area (Å²) in [6, 6.07) is 14.1. The van der Waals surface area contributed by atoms with E-state index in [0.717, 1.165) is 27.0 Å². The van der Waals surface area contributed by atoms with Crippen LogP contribution in [0.5, 0.6) is 0 Å². The summed E-state index contributed by atoms with van der Waals surface area (Å²) in [6.45, 7) is 3.75. The maximum absolute atomic E-state index is 5.75. The van der Waals surface area contributed by atoms with Gasteiger partial charge in [0.15, 0.2) is 11.5 Å². The lowest BCUT2D eigenvalue weighted by Crippen LogP contribution is -1.87. The molecule has 2 aromatic carbocycles. The van der Waals surface area contributed by atoms with Crippen molar-refractivity contribution >= 4 is 33.1 Å². The number of rotatable bonds is 3. The molecule has 0 spiro atoms. The van der Waals surface area contributed by atoms with E-state index in [1.54, 1.807) is 0 Å². The maximum atomic E-state index is 5.75. The molecule has 0 aliphatic heterocycles. The van der Waals surface area contributed by atoms with Crippen LogP contribution < -0.4 is 0 Å². The Kier molecular flexibility index (Phi) is 3.22. The third-order valence-electron chi connectivity index (χ3n) is 2.98. The standard InChI is InChI=1S/C16H12BrNO/c1-2-11-6-8-12(9-7-11)10-15-18-16-13(17)4-3-5-14(16)19-15/h2-9H,1,10H2. The zero-order chi connectivity index (χ0) is 13.2. The van der Waals surface area contributed by atoms with Crippen molar-refractivity contribution in [1.29, 1.82) is 0 Å². The molecule has 1 heterocycles. The zero-order valence-electron chi connectivity index (χ0n) is 10.3. The van der Waals surface area contributed by atoms with Gasteiger partial charge in [-0.3, -0.25) is 0 Å². The van der Waals surface area contributed by atoms with E-state index < -0.39 is 0 Å². The van der Waals surface area contributed by atoms with Crippen molar-refractivity contribution in [2.45, 2.75) is 6.42 Å². The van der Waals surface area contributed by atoms with Crippen LogP contribution in [0, 0.1) is 0 Å². The molecule has 2 nitrogen and oxygen atoms in total. The second-order valence-corrected chi connectivity index (χ2v) is 5.17. The molecular formula is C16H12BrNO. The molecule has 0 saturated carbocycles. The zero-order valence-corrected chi connectivity index (χ0v) is 11.9. The number of nitrogens with zero attached hydrogens (tertiary/aromatic N) is 1. The molecule has 0 bridgehead atoms. The van der Waals surface area contributed by atoms with Crippen molar-refractivity contribution in [2.24, 2.45) is 0 Å². The Morgan fingerprint density at radius 2 is 1.95 bits per heavy atom. The third-order valence-corrected chi connectivity index (χ3v) is 3.62. The monoisotopic (exact) mass is 313 g/mol. The number of hydrogen-bond donors (Lipinski definition) is 0. The first-order valence-corrected chi connectivity index (χ1v) is 6.81. The van der Waals surface area contributed by atoms with Gasteiger partial charge in [0.1, 0.15) is 5.52 Å². The summed E-state index contributed by atoms with van der Waals surface area (Å²) in [7, 11) is 0. The fourth-order valence-corrected chi connectivity index (χ4v) is 2.42. The van der Waals surface area contributed by atoms with Crippen LogP contribution in [-0.2, 0) is 6.42 Å². The first-order valence-electron chi connectivity index (χ1n) is 6.01. The van der Waals surface area contributed by atoms with Crippen LogP contribution in [0.1, 0.15) is 17.0 Å². The van der Waals surface area contributed by atoms with Crippen molar-refractivity contribution in [3.63, 3.8) is 0 Å². The van der Waals surface area contributed by atoms with E-state index >= 15 is 0 Å². The summed E-state index contributed by atoms with van der Waals surface area (Å²) in [5.74, 6) is 0.730. The highest BCUT2D eigenvalue weighted by Gasteiger charge is 2.08. The second-order valence-electron chi connectivity index (χ2n) is 4.32. The largest absolute Gasteiger partial charge is 0.440 e. The summed E-state index contributed by atoms with van der Waals surface area (Å²) in [4.78, 5) is 4.52. The van der Waals surface area contributed by atoms with Crippen LogP contribution in [0.3, 0.4) is 0 Å². The van der Waals surface area contributed by atoms with Gasteiger partial charge >= 0.3 is 0 Å². The van der Waals surface area contributed by atoms with Crippen LogP contribution in [0.4, 0.5) is 0 Å². The minimum atomic E-state index is 0.693. The van der Waals surface area contributed by atoms with Gasteiger partial charge in [0.05, 0.1) is 0 Å². The Bertz CT molecular complexity index is 728. The number of benzene rings is 2. The van der Waals surface area contributed by atoms with E-state index in [1.165, 1.54) is 5.56 Å². The van der Waals surface area contributed by atoms with Gasteiger partial charge < -0.3 is 4.42 Å². The number of aromatic nitrogens is 1. The molecule has 3 rings (SSSR count). The Hall–Kier alpha value is -1.87. The summed E-state index contributed by atoms with van der Waals surface area (Å²) in [5, 5.41) is 0. The Balaban J connectivity index is 1.92. The molecule has 0 N–H and O–H groups in total. The SMILES string of the molecule is C=Cc1ccc(Cc2nc3c(Br)cccc3o2)cc1. The number of para-hydroxylation sites is 1. The van der Waals surface area contributed by atoms with E-state index in [-0.39, 0.29) is 0 Å². The van der Waals surface area contributed by atoms with Crippen LogP contribution in [-0.4, -0.2) is 4.98 Å². The lowest BCUT2D eigenvalue weighted by molar-refractivity contribution is 0.544. The highest BCUT2D eigenvalue weighted by molar-refractivity contribution is 9.10. The van der Waals surface area contributed by atoms with Gasteiger partial charge in [-0.2, -0.15) is 0 Å². The van der Waals surface area contributed by atoms with Crippen LogP contribution in [0.2, 0.25) is 0 Å². The van der Waals surface area contributed by atoms with Crippen LogP contribution >= 0.6 is 15.9 Å². The highest BCUT2D eigenvalue weighted by Crippen LogP contribution is 2.24. The predicted molar refractivity (Wildman–Crippen MR) is 81.0 cm³/mol. The molecule has 3 heteroatoms. The van der Waals surface area contributed by atoms with E-state index in [0.29, 0.717) is 6.42 Å².